The van der Waals surface area contributed by atoms with Crippen molar-refractivity contribution in [3.05, 3.63) is 53.4 Å². The van der Waals surface area contributed by atoms with Crippen LogP contribution in [0.1, 0.15) is 12.5 Å². The number of rotatable bonds is 6. The Bertz CT molecular complexity index is 815. The van der Waals surface area contributed by atoms with Crippen molar-refractivity contribution in [1.82, 2.24) is 14.5 Å². The number of nitrogens with one attached hydrogen (secondary N) is 1. The van der Waals surface area contributed by atoms with Crippen molar-refractivity contribution in [1.29, 1.82) is 0 Å². The second-order valence-corrected chi connectivity index (χ2v) is 9.25. The summed E-state index contributed by atoms with van der Waals surface area (Å²) in [5.74, 6) is -0.176. The van der Waals surface area contributed by atoms with Crippen LogP contribution in [0.15, 0.2) is 52.1 Å². The number of piperazine rings is 1. The molecule has 1 N–H and O–H groups in total. The molecule has 8 heteroatoms. The molecule has 6 nitrogen and oxygen atoms in total. The number of hydrogen-bond acceptors (Lipinski definition) is 5. The van der Waals surface area contributed by atoms with Crippen LogP contribution in [0.4, 0.5) is 0 Å². The quantitative estimate of drug-likeness (QED) is 0.812. The Morgan fingerprint density at radius 2 is 1.81 bits per heavy atom. The number of nitrogens with zero attached hydrogens (tertiary/aromatic N) is 2. The summed E-state index contributed by atoms with van der Waals surface area (Å²) in [7, 11) is -3.64. The summed E-state index contributed by atoms with van der Waals surface area (Å²) in [5.41, 5.74) is 1.25. The number of thiophene rings is 1. The lowest BCUT2D eigenvalue weighted by atomic mass is 10.2. The molecule has 140 valence electrons. The first-order valence-corrected chi connectivity index (χ1v) is 10.9. The third kappa shape index (κ3) is 4.70. The van der Waals surface area contributed by atoms with Gasteiger partial charge in [-0.1, -0.05) is 36.4 Å². The Kier molecular flexibility index (Phi) is 6.08. The van der Waals surface area contributed by atoms with Gasteiger partial charge in [-0.2, -0.15) is 4.72 Å². The second kappa shape index (κ2) is 8.30. The maximum atomic E-state index is 12.6. The minimum Gasteiger partial charge on any atom is -0.339 e. The molecule has 1 saturated heterocycles. The molecule has 1 fully saturated rings. The Morgan fingerprint density at radius 3 is 2.42 bits per heavy atom. The van der Waals surface area contributed by atoms with Crippen LogP contribution in [0.2, 0.25) is 0 Å². The van der Waals surface area contributed by atoms with Crippen molar-refractivity contribution in [2.45, 2.75) is 23.7 Å². The maximum Gasteiger partial charge on any atom is 0.250 e. The molecule has 3 rings (SSSR count). The molecule has 1 aliphatic heterocycles. The molecule has 1 atom stereocenters. The highest BCUT2D eigenvalue weighted by atomic mass is 32.2. The van der Waals surface area contributed by atoms with Crippen molar-refractivity contribution in [3.8, 4) is 0 Å². The van der Waals surface area contributed by atoms with Crippen molar-refractivity contribution in [2.24, 2.45) is 0 Å². The average molecular weight is 394 g/mol. The number of sulfonamides is 1. The molecule has 1 aliphatic rings. The first kappa shape index (κ1) is 19.0. The van der Waals surface area contributed by atoms with E-state index in [1.54, 1.807) is 23.3 Å². The smallest absolute Gasteiger partial charge is 0.250 e. The van der Waals surface area contributed by atoms with Crippen molar-refractivity contribution < 1.29 is 13.2 Å². The molecule has 0 aliphatic carbocycles. The predicted octanol–water partition coefficient (Wildman–Crippen LogP) is 1.76. The zero-order chi connectivity index (χ0) is 18.6. The fourth-order valence-electron chi connectivity index (χ4n) is 3.00. The molecule has 0 saturated carbocycles. The van der Waals surface area contributed by atoms with Crippen molar-refractivity contribution >= 4 is 27.3 Å². The Hall–Kier alpha value is -1.74. The largest absolute Gasteiger partial charge is 0.339 e. The Labute approximate surface area is 158 Å². The number of benzene rings is 1. The van der Waals surface area contributed by atoms with Gasteiger partial charge in [0.1, 0.15) is 4.21 Å². The van der Waals surface area contributed by atoms with Crippen LogP contribution in [-0.4, -0.2) is 56.3 Å². The zero-order valence-electron chi connectivity index (χ0n) is 14.7. The normalized spacial score (nSPS) is 17.2. The van der Waals surface area contributed by atoms with E-state index in [2.05, 4.69) is 21.8 Å². The molecule has 1 amide bonds. The van der Waals surface area contributed by atoms with Gasteiger partial charge in [0.25, 0.3) is 10.0 Å². The number of carbonyl (C=O) groups excluding carboxylic acids is 1. The van der Waals surface area contributed by atoms with Crippen LogP contribution in [0, 0.1) is 0 Å². The van der Waals surface area contributed by atoms with Gasteiger partial charge >= 0.3 is 0 Å². The van der Waals surface area contributed by atoms with E-state index in [0.717, 1.165) is 31.0 Å². The second-order valence-electron chi connectivity index (χ2n) is 6.36. The Balaban J connectivity index is 1.51. The van der Waals surface area contributed by atoms with E-state index in [1.165, 1.54) is 11.6 Å². The molecule has 2 heterocycles. The van der Waals surface area contributed by atoms with Gasteiger partial charge in [-0.25, -0.2) is 8.42 Å². The van der Waals surface area contributed by atoms with E-state index >= 15 is 0 Å². The highest BCUT2D eigenvalue weighted by molar-refractivity contribution is 7.91. The lowest BCUT2D eigenvalue weighted by Crippen LogP contribution is -2.53. The summed E-state index contributed by atoms with van der Waals surface area (Å²) in [4.78, 5) is 16.6. The third-order valence-corrected chi connectivity index (χ3v) is 7.33. The summed E-state index contributed by atoms with van der Waals surface area (Å²) in [5, 5.41) is 1.70. The van der Waals surface area contributed by atoms with E-state index < -0.39 is 16.1 Å². The first-order valence-electron chi connectivity index (χ1n) is 8.56. The summed E-state index contributed by atoms with van der Waals surface area (Å²) < 4.78 is 27.2. The van der Waals surface area contributed by atoms with Gasteiger partial charge in [0.2, 0.25) is 5.91 Å². The lowest BCUT2D eigenvalue weighted by molar-refractivity contribution is -0.134. The van der Waals surface area contributed by atoms with E-state index in [1.807, 2.05) is 18.2 Å². The van der Waals surface area contributed by atoms with Crippen LogP contribution < -0.4 is 4.72 Å². The fraction of sp³-hybridized carbons (Fsp3) is 0.389. The van der Waals surface area contributed by atoms with Gasteiger partial charge in [-0.05, 0) is 23.9 Å². The van der Waals surface area contributed by atoms with Gasteiger partial charge in [0.15, 0.2) is 0 Å². The predicted molar refractivity (Wildman–Crippen MR) is 102 cm³/mol. The van der Waals surface area contributed by atoms with E-state index in [0.29, 0.717) is 13.1 Å². The number of amides is 1. The molecule has 2 aromatic rings. The molecular weight excluding hydrogens is 370 g/mol. The minimum absolute atomic E-state index is 0.176. The van der Waals surface area contributed by atoms with Crippen LogP contribution in [0.25, 0.3) is 0 Å². The minimum atomic E-state index is -3.64. The van der Waals surface area contributed by atoms with Gasteiger partial charge in [0.05, 0.1) is 6.04 Å². The molecule has 1 aromatic heterocycles. The molecule has 0 radical (unpaired) electrons. The van der Waals surface area contributed by atoms with Gasteiger partial charge in [0, 0.05) is 32.7 Å². The summed E-state index contributed by atoms with van der Waals surface area (Å²) in [6.45, 7) is 5.25. The molecule has 0 unspecified atom stereocenters. The summed E-state index contributed by atoms with van der Waals surface area (Å²) in [6.07, 6.45) is 0. The molecular formula is C18H23N3O3S2. The van der Waals surface area contributed by atoms with Crippen LogP contribution in [0.5, 0.6) is 0 Å². The van der Waals surface area contributed by atoms with Crippen LogP contribution in [-0.2, 0) is 21.4 Å². The fourth-order valence-corrected chi connectivity index (χ4v) is 5.21. The monoisotopic (exact) mass is 393 g/mol. The number of hydrogen-bond donors (Lipinski definition) is 1. The van der Waals surface area contributed by atoms with E-state index in [9.17, 15) is 13.2 Å². The lowest BCUT2D eigenvalue weighted by Gasteiger charge is -2.36. The van der Waals surface area contributed by atoms with Gasteiger partial charge in [-0.3, -0.25) is 9.69 Å². The van der Waals surface area contributed by atoms with Crippen molar-refractivity contribution in [2.75, 3.05) is 26.2 Å². The topological polar surface area (TPSA) is 69.7 Å². The first-order chi connectivity index (χ1) is 12.5. The molecule has 0 bridgehead atoms. The molecule has 1 aromatic carbocycles. The van der Waals surface area contributed by atoms with Gasteiger partial charge in [-0.15, -0.1) is 11.3 Å². The third-order valence-electron chi connectivity index (χ3n) is 4.40. The van der Waals surface area contributed by atoms with E-state index in [4.69, 9.17) is 0 Å². The average Bonchev–Trinajstić information content (AvgIpc) is 3.18. The molecule has 0 spiro atoms. The zero-order valence-corrected chi connectivity index (χ0v) is 16.3. The highest BCUT2D eigenvalue weighted by Gasteiger charge is 2.28. The maximum absolute atomic E-state index is 12.6. The van der Waals surface area contributed by atoms with E-state index in [-0.39, 0.29) is 10.1 Å². The van der Waals surface area contributed by atoms with Gasteiger partial charge < -0.3 is 4.90 Å². The summed E-state index contributed by atoms with van der Waals surface area (Å²) in [6, 6.07) is 12.7. The molecule has 26 heavy (non-hydrogen) atoms. The number of carbonyl (C=O) groups is 1. The SMILES string of the molecule is C[C@@H](NS(=O)(=O)c1cccs1)C(=O)N1CCN(Cc2ccccc2)CC1. The highest BCUT2D eigenvalue weighted by Crippen LogP contribution is 2.16. The standard InChI is InChI=1S/C18H23N3O3S2/c1-15(19-26(23,24)17-8-5-13-25-17)18(22)21-11-9-20(10-12-21)14-16-6-3-2-4-7-16/h2-8,13,15,19H,9-12,14H2,1H3/t15-/m1/s1. The Morgan fingerprint density at radius 1 is 1.12 bits per heavy atom. The van der Waals surface area contributed by atoms with Crippen LogP contribution in [0.3, 0.4) is 0 Å². The van der Waals surface area contributed by atoms with Crippen LogP contribution >= 0.6 is 11.3 Å². The summed E-state index contributed by atoms with van der Waals surface area (Å²) >= 11 is 1.14. The van der Waals surface area contributed by atoms with Crippen molar-refractivity contribution in [3.63, 3.8) is 0 Å².